The molecule has 1 N–H and O–H groups in total. The molecule has 0 unspecified atom stereocenters. The van der Waals surface area contributed by atoms with Crippen LogP contribution in [0.15, 0.2) is 70.5 Å². The van der Waals surface area contributed by atoms with Crippen LogP contribution in [0.2, 0.25) is 10.0 Å². The maximum absolute atomic E-state index is 12.6. The number of nitrogens with one attached hydrogen (secondary N) is 1. The van der Waals surface area contributed by atoms with Gasteiger partial charge in [0.05, 0.1) is 21.8 Å². The summed E-state index contributed by atoms with van der Waals surface area (Å²) in [6.45, 7) is 3.44. The summed E-state index contributed by atoms with van der Waals surface area (Å²) in [5.74, 6) is -0.591. The van der Waals surface area contributed by atoms with Crippen molar-refractivity contribution in [2.45, 2.75) is 18.7 Å². The number of hydrogen-bond acceptors (Lipinski definition) is 7. The van der Waals surface area contributed by atoms with Gasteiger partial charge in [0, 0.05) is 17.2 Å². The van der Waals surface area contributed by atoms with E-state index in [1.165, 1.54) is 54.7 Å². The van der Waals surface area contributed by atoms with Crippen molar-refractivity contribution in [3.05, 3.63) is 103 Å². The van der Waals surface area contributed by atoms with Crippen LogP contribution in [0.25, 0.3) is 10.4 Å². The molecule has 0 saturated carbocycles. The Hall–Kier alpha value is -3.80. The van der Waals surface area contributed by atoms with Crippen LogP contribution in [0.5, 0.6) is 0 Å². The van der Waals surface area contributed by atoms with Crippen molar-refractivity contribution in [1.82, 2.24) is 19.7 Å². The molecule has 2 aromatic carbocycles. The average Bonchev–Trinajstić information content (AvgIpc) is 2.82. The van der Waals surface area contributed by atoms with Crippen LogP contribution in [0.3, 0.4) is 0 Å². The minimum Gasteiger partial charge on any atom is -0.363 e. The van der Waals surface area contributed by atoms with E-state index in [1.807, 2.05) is 0 Å². The number of hydrogen-bond donors (Lipinski definition) is 1. The lowest BCUT2D eigenvalue weighted by Gasteiger charge is -2.15. The van der Waals surface area contributed by atoms with Crippen LogP contribution < -0.4 is 10.9 Å². The SMILES string of the molecule is Cc1cc(C)nc([N-]S(=O)(=O)c2ccc(NC(=O)c3ccc(-n4ncc(Cl)c(Cl)c4=O)cc3)cc2)n1. The lowest BCUT2D eigenvalue weighted by molar-refractivity contribution is 0.102. The Bertz CT molecular complexity index is 1600. The van der Waals surface area contributed by atoms with Crippen LogP contribution in [0, 0.1) is 13.8 Å². The molecule has 1 amide bonds. The topological polar surface area (TPSA) is 138 Å². The highest BCUT2D eigenvalue weighted by Gasteiger charge is 2.14. The number of amides is 1. The molecule has 10 nitrogen and oxygen atoms in total. The quantitative estimate of drug-likeness (QED) is 0.375. The molecule has 0 radical (unpaired) electrons. The number of anilines is 1. The predicted molar refractivity (Wildman–Crippen MR) is 136 cm³/mol. The molecule has 13 heteroatoms. The van der Waals surface area contributed by atoms with Gasteiger partial charge in [-0.05, 0) is 73.8 Å². The number of sulfonamides is 1. The number of carbonyl (C=O) groups excluding carboxylic acids is 1. The summed E-state index contributed by atoms with van der Waals surface area (Å²) >= 11 is 11.7. The Kier molecular flexibility index (Phi) is 7.07. The van der Waals surface area contributed by atoms with Crippen molar-refractivity contribution >= 4 is 50.8 Å². The largest absolute Gasteiger partial charge is 0.363 e. The molecule has 2 aromatic heterocycles. The van der Waals surface area contributed by atoms with Gasteiger partial charge in [0.2, 0.25) is 10.0 Å². The Labute approximate surface area is 216 Å². The van der Waals surface area contributed by atoms with E-state index in [2.05, 4.69) is 25.1 Å². The van der Waals surface area contributed by atoms with Crippen molar-refractivity contribution in [3.63, 3.8) is 0 Å². The summed E-state index contributed by atoms with van der Waals surface area (Å²) < 4.78 is 30.0. The van der Waals surface area contributed by atoms with Crippen LogP contribution in [0.4, 0.5) is 11.6 Å². The van der Waals surface area contributed by atoms with Crippen molar-refractivity contribution in [2.24, 2.45) is 0 Å². The molecule has 0 aliphatic rings. The first kappa shape index (κ1) is 25.3. The first-order valence-electron chi connectivity index (χ1n) is 10.3. The summed E-state index contributed by atoms with van der Waals surface area (Å²) in [7, 11) is -4.05. The van der Waals surface area contributed by atoms with Crippen LogP contribution >= 0.6 is 23.2 Å². The number of halogens is 2. The molecule has 0 atom stereocenters. The van der Waals surface area contributed by atoms with Gasteiger partial charge in [-0.1, -0.05) is 29.3 Å². The molecule has 0 fully saturated rings. The summed E-state index contributed by atoms with van der Waals surface area (Å²) in [6.07, 6.45) is 1.25. The number of carbonyl (C=O) groups is 1. The third-order valence-electron chi connectivity index (χ3n) is 4.83. The second kappa shape index (κ2) is 10.1. The number of nitrogens with zero attached hydrogens (tertiary/aromatic N) is 5. The van der Waals surface area contributed by atoms with Gasteiger partial charge >= 0.3 is 0 Å². The minimum absolute atomic E-state index is 0.0417. The molecular weight excluding hydrogens is 527 g/mol. The molecule has 4 rings (SSSR count). The maximum atomic E-state index is 12.6. The summed E-state index contributed by atoms with van der Waals surface area (Å²) in [4.78, 5) is 32.8. The Morgan fingerprint density at radius 1 is 0.972 bits per heavy atom. The molecule has 2 heterocycles. The number of benzene rings is 2. The highest BCUT2D eigenvalue weighted by atomic mass is 35.5. The van der Waals surface area contributed by atoms with E-state index in [9.17, 15) is 18.0 Å². The minimum atomic E-state index is -4.05. The van der Waals surface area contributed by atoms with E-state index in [0.717, 1.165) is 4.68 Å². The first-order valence-corrected chi connectivity index (χ1v) is 12.5. The van der Waals surface area contributed by atoms with Crippen LogP contribution in [-0.2, 0) is 10.0 Å². The van der Waals surface area contributed by atoms with Crippen molar-refractivity contribution < 1.29 is 13.2 Å². The second-order valence-corrected chi connectivity index (χ2v) is 9.96. The third-order valence-corrected chi connectivity index (χ3v) is 6.85. The molecule has 0 saturated heterocycles. The van der Waals surface area contributed by atoms with E-state index in [0.29, 0.717) is 28.3 Å². The molecule has 4 aromatic rings. The predicted octanol–water partition coefficient (Wildman–Crippen LogP) is 4.59. The second-order valence-electron chi connectivity index (χ2n) is 7.57. The van der Waals surface area contributed by atoms with Crippen molar-refractivity contribution in [1.29, 1.82) is 0 Å². The molecule has 184 valence electrons. The van der Waals surface area contributed by atoms with Crippen molar-refractivity contribution in [3.8, 4) is 5.69 Å². The maximum Gasteiger partial charge on any atom is 0.291 e. The van der Waals surface area contributed by atoms with Gasteiger partial charge in [0.15, 0.2) is 0 Å². The molecule has 0 bridgehead atoms. The smallest absolute Gasteiger partial charge is 0.291 e. The number of aromatic nitrogens is 4. The molecule has 0 spiro atoms. The zero-order valence-corrected chi connectivity index (χ0v) is 21.1. The van der Waals surface area contributed by atoms with Crippen LogP contribution in [0.1, 0.15) is 21.7 Å². The fraction of sp³-hybridized carbons (Fsp3) is 0.0870. The molecular formula is C23H17Cl2N6O4S-. The van der Waals surface area contributed by atoms with E-state index in [4.69, 9.17) is 23.2 Å². The van der Waals surface area contributed by atoms with E-state index < -0.39 is 21.5 Å². The Balaban J connectivity index is 1.46. The van der Waals surface area contributed by atoms with Crippen molar-refractivity contribution in [2.75, 3.05) is 5.32 Å². The Morgan fingerprint density at radius 2 is 1.58 bits per heavy atom. The number of rotatable bonds is 6. The highest BCUT2D eigenvalue weighted by molar-refractivity contribution is 7.94. The van der Waals surface area contributed by atoms with E-state index in [-0.39, 0.29) is 20.9 Å². The van der Waals surface area contributed by atoms with Gasteiger partial charge < -0.3 is 15.3 Å². The standard InChI is InChI=1S/C23H18Cl2N6O4S/c1-13-11-14(2)28-23(27-13)30-36(34,35)18-9-5-16(6-10-18)29-21(32)15-3-7-17(8-4-15)31-22(33)20(25)19(24)12-26-31/h3-12H,1-2H3,(H2,27,28,29,30,32)/p-1. The third kappa shape index (κ3) is 5.54. The summed E-state index contributed by atoms with van der Waals surface area (Å²) in [5, 5.41) is 6.50. The first-order chi connectivity index (χ1) is 17.0. The van der Waals surface area contributed by atoms with Crippen LogP contribution in [-0.4, -0.2) is 34.1 Å². The van der Waals surface area contributed by atoms with Gasteiger partial charge in [-0.25, -0.2) is 8.42 Å². The van der Waals surface area contributed by atoms with E-state index >= 15 is 0 Å². The Morgan fingerprint density at radius 3 is 2.19 bits per heavy atom. The lowest BCUT2D eigenvalue weighted by Crippen LogP contribution is -2.21. The van der Waals surface area contributed by atoms with E-state index in [1.54, 1.807) is 19.9 Å². The van der Waals surface area contributed by atoms with Gasteiger partial charge in [-0.2, -0.15) is 9.78 Å². The van der Waals surface area contributed by atoms with Gasteiger partial charge in [0.25, 0.3) is 11.5 Å². The normalized spacial score (nSPS) is 11.2. The fourth-order valence-corrected chi connectivity index (χ4v) is 4.31. The number of aryl methyl sites for hydroxylation is 2. The molecule has 36 heavy (non-hydrogen) atoms. The zero-order chi connectivity index (χ0) is 26.0. The van der Waals surface area contributed by atoms with Gasteiger partial charge in [-0.15, -0.1) is 0 Å². The molecule has 0 aliphatic carbocycles. The molecule has 0 aliphatic heterocycles. The average molecular weight is 544 g/mol. The van der Waals surface area contributed by atoms with Gasteiger partial charge in [0.1, 0.15) is 5.02 Å². The highest BCUT2D eigenvalue weighted by Crippen LogP contribution is 2.26. The lowest BCUT2D eigenvalue weighted by atomic mass is 10.2. The monoisotopic (exact) mass is 543 g/mol. The summed E-state index contributed by atoms with van der Waals surface area (Å²) in [6, 6.07) is 13.3. The summed E-state index contributed by atoms with van der Waals surface area (Å²) in [5.41, 5.74) is 1.66. The van der Waals surface area contributed by atoms with Gasteiger partial charge in [-0.3, -0.25) is 14.3 Å². The fourth-order valence-electron chi connectivity index (χ4n) is 3.17. The zero-order valence-electron chi connectivity index (χ0n) is 18.8.